The van der Waals surface area contributed by atoms with Gasteiger partial charge in [0.15, 0.2) is 0 Å². The van der Waals surface area contributed by atoms with Gasteiger partial charge in [-0.2, -0.15) is 0 Å². The van der Waals surface area contributed by atoms with Gasteiger partial charge in [0.25, 0.3) is 0 Å². The van der Waals surface area contributed by atoms with Crippen LogP contribution in [-0.4, -0.2) is 29.8 Å². The maximum atomic E-state index is 11.0. The van der Waals surface area contributed by atoms with Gasteiger partial charge in [-0.1, -0.05) is 13.8 Å². The lowest BCUT2D eigenvalue weighted by atomic mass is 9.57. The summed E-state index contributed by atoms with van der Waals surface area (Å²) in [5.41, 5.74) is 4.89. The number of ether oxygens (including phenoxy) is 1. The molecule has 1 unspecified atom stereocenters. The Morgan fingerprint density at radius 3 is 2.27 bits per heavy atom. The van der Waals surface area contributed by atoms with Crippen molar-refractivity contribution in [2.45, 2.75) is 39.7 Å². The number of carboxylic acid groups (broad SMARTS) is 1. The van der Waals surface area contributed by atoms with Crippen molar-refractivity contribution in [3.05, 3.63) is 0 Å². The molecule has 0 aromatic heterocycles. The molecule has 0 aromatic carbocycles. The molecule has 15 heavy (non-hydrogen) atoms. The number of hydrogen-bond acceptors (Lipinski definition) is 3. The van der Waals surface area contributed by atoms with E-state index in [1.807, 2.05) is 27.7 Å². The van der Waals surface area contributed by atoms with E-state index in [2.05, 4.69) is 0 Å². The summed E-state index contributed by atoms with van der Waals surface area (Å²) in [6.07, 6.45) is 0.0590. The molecule has 1 fully saturated rings. The highest BCUT2D eigenvalue weighted by atomic mass is 16.5. The number of nitrogens with two attached hydrogens (primary N) is 1. The van der Waals surface area contributed by atoms with Crippen LogP contribution in [0.1, 0.15) is 34.1 Å². The Morgan fingerprint density at radius 1 is 1.47 bits per heavy atom. The van der Waals surface area contributed by atoms with Gasteiger partial charge in [0, 0.05) is 11.0 Å². The van der Waals surface area contributed by atoms with E-state index in [4.69, 9.17) is 15.6 Å². The molecular formula is C11H21NO3. The molecule has 0 spiro atoms. The first-order valence-electron chi connectivity index (χ1n) is 5.21. The van der Waals surface area contributed by atoms with E-state index < -0.39 is 16.9 Å². The second-order valence-corrected chi connectivity index (χ2v) is 5.75. The summed E-state index contributed by atoms with van der Waals surface area (Å²) in [5, 5.41) is 9.02. The Kier molecular flexibility index (Phi) is 2.87. The van der Waals surface area contributed by atoms with Crippen molar-refractivity contribution in [1.29, 1.82) is 0 Å². The third-order valence-electron chi connectivity index (χ3n) is 3.79. The largest absolute Gasteiger partial charge is 0.481 e. The fourth-order valence-corrected chi connectivity index (χ4v) is 2.65. The van der Waals surface area contributed by atoms with Gasteiger partial charge in [0.2, 0.25) is 0 Å². The van der Waals surface area contributed by atoms with Gasteiger partial charge in [0.05, 0.1) is 19.6 Å². The van der Waals surface area contributed by atoms with Crippen LogP contribution >= 0.6 is 0 Å². The molecule has 1 saturated heterocycles. The third kappa shape index (κ3) is 1.88. The monoisotopic (exact) mass is 215 g/mol. The molecule has 1 rings (SSSR count). The van der Waals surface area contributed by atoms with Crippen molar-refractivity contribution in [1.82, 2.24) is 0 Å². The Balaban J connectivity index is 3.13. The summed E-state index contributed by atoms with van der Waals surface area (Å²) < 4.78 is 5.46. The lowest BCUT2D eigenvalue weighted by Gasteiger charge is -2.48. The van der Waals surface area contributed by atoms with E-state index in [-0.39, 0.29) is 11.8 Å². The number of hydrogen-bond donors (Lipinski definition) is 2. The molecule has 3 N–H and O–H groups in total. The first kappa shape index (κ1) is 12.5. The molecule has 0 aromatic rings. The van der Waals surface area contributed by atoms with Gasteiger partial charge >= 0.3 is 5.97 Å². The van der Waals surface area contributed by atoms with Crippen molar-refractivity contribution in [2.24, 2.45) is 16.6 Å². The predicted octanol–water partition coefficient (Wildman–Crippen LogP) is 1.24. The number of carboxylic acids is 1. The highest BCUT2D eigenvalue weighted by Crippen LogP contribution is 2.52. The molecule has 0 amide bonds. The van der Waals surface area contributed by atoms with E-state index in [0.717, 1.165) is 0 Å². The van der Waals surface area contributed by atoms with Crippen molar-refractivity contribution in [3.63, 3.8) is 0 Å². The van der Waals surface area contributed by atoms with Crippen LogP contribution in [0.25, 0.3) is 0 Å². The molecule has 0 saturated carbocycles. The molecule has 1 aliphatic heterocycles. The van der Waals surface area contributed by atoms with Crippen LogP contribution in [0.4, 0.5) is 0 Å². The van der Waals surface area contributed by atoms with Crippen LogP contribution in [0.15, 0.2) is 0 Å². The molecule has 0 aliphatic carbocycles. The van der Waals surface area contributed by atoms with Gasteiger partial charge < -0.3 is 15.6 Å². The van der Waals surface area contributed by atoms with Crippen LogP contribution in [0.2, 0.25) is 0 Å². The van der Waals surface area contributed by atoms with Crippen molar-refractivity contribution in [3.8, 4) is 0 Å². The summed E-state index contributed by atoms with van der Waals surface area (Å²) >= 11 is 0. The highest BCUT2D eigenvalue weighted by Gasteiger charge is 2.58. The summed E-state index contributed by atoms with van der Waals surface area (Å²) in [6, 6.07) is 0. The molecule has 1 atom stereocenters. The minimum atomic E-state index is -0.813. The first-order chi connectivity index (χ1) is 6.62. The van der Waals surface area contributed by atoms with Gasteiger partial charge in [-0.3, -0.25) is 4.79 Å². The van der Waals surface area contributed by atoms with Crippen LogP contribution in [0.3, 0.4) is 0 Å². The quantitative estimate of drug-likeness (QED) is 0.743. The fourth-order valence-electron chi connectivity index (χ4n) is 2.65. The number of rotatable bonds is 3. The summed E-state index contributed by atoms with van der Waals surface area (Å²) in [7, 11) is 0. The summed E-state index contributed by atoms with van der Waals surface area (Å²) in [6.45, 7) is 8.81. The smallest absolute Gasteiger partial charge is 0.304 e. The predicted molar refractivity (Wildman–Crippen MR) is 57.6 cm³/mol. The zero-order valence-electron chi connectivity index (χ0n) is 9.96. The van der Waals surface area contributed by atoms with E-state index >= 15 is 0 Å². The lowest BCUT2D eigenvalue weighted by molar-refractivity contribution is -0.143. The fraction of sp³-hybridized carbons (Fsp3) is 0.909. The zero-order valence-corrected chi connectivity index (χ0v) is 9.96. The van der Waals surface area contributed by atoms with Crippen molar-refractivity contribution >= 4 is 5.97 Å². The van der Waals surface area contributed by atoms with Crippen LogP contribution in [0, 0.1) is 10.8 Å². The van der Waals surface area contributed by atoms with E-state index in [1.165, 1.54) is 0 Å². The van der Waals surface area contributed by atoms with E-state index in [9.17, 15) is 4.79 Å². The molecule has 1 aliphatic rings. The normalized spacial score (nSPS) is 30.5. The Morgan fingerprint density at radius 2 is 2.00 bits per heavy atom. The first-order valence-corrected chi connectivity index (χ1v) is 5.21. The third-order valence-corrected chi connectivity index (χ3v) is 3.79. The Hall–Kier alpha value is -0.610. The minimum Gasteiger partial charge on any atom is -0.481 e. The number of aliphatic carboxylic acids is 1. The van der Waals surface area contributed by atoms with Crippen LogP contribution in [-0.2, 0) is 9.53 Å². The van der Waals surface area contributed by atoms with E-state index in [1.54, 1.807) is 0 Å². The standard InChI is InChI=1S/C11H21NO3/c1-9(2)6-15-7-11(9,5-8(13)14)10(3,4)12/h5-7,12H2,1-4H3,(H,13,14). The Bertz CT molecular complexity index is 267. The zero-order chi connectivity index (χ0) is 11.9. The summed E-state index contributed by atoms with van der Waals surface area (Å²) in [4.78, 5) is 11.0. The number of carbonyl (C=O) groups is 1. The average molecular weight is 215 g/mol. The maximum Gasteiger partial charge on any atom is 0.304 e. The molecule has 4 nitrogen and oxygen atoms in total. The second-order valence-electron chi connectivity index (χ2n) is 5.75. The van der Waals surface area contributed by atoms with Crippen LogP contribution in [0.5, 0.6) is 0 Å². The maximum absolute atomic E-state index is 11.0. The lowest BCUT2D eigenvalue weighted by Crippen LogP contribution is -2.58. The minimum absolute atomic E-state index is 0.0590. The summed E-state index contributed by atoms with van der Waals surface area (Å²) in [5.74, 6) is -0.813. The SMILES string of the molecule is CC(C)(N)C1(CC(=O)O)COCC1(C)C. The molecule has 88 valence electrons. The van der Waals surface area contributed by atoms with Crippen LogP contribution < -0.4 is 5.73 Å². The van der Waals surface area contributed by atoms with Gasteiger partial charge in [-0.05, 0) is 19.3 Å². The molecular weight excluding hydrogens is 194 g/mol. The second kappa shape index (κ2) is 3.46. The molecule has 0 radical (unpaired) electrons. The van der Waals surface area contributed by atoms with Gasteiger partial charge in [-0.25, -0.2) is 0 Å². The highest BCUT2D eigenvalue weighted by molar-refractivity contribution is 5.68. The van der Waals surface area contributed by atoms with Crippen molar-refractivity contribution < 1.29 is 14.6 Å². The molecule has 1 heterocycles. The topological polar surface area (TPSA) is 72.6 Å². The Labute approximate surface area is 90.8 Å². The van der Waals surface area contributed by atoms with Gasteiger partial charge in [0.1, 0.15) is 0 Å². The molecule has 4 heteroatoms. The average Bonchev–Trinajstić information content (AvgIpc) is 2.25. The molecule has 0 bridgehead atoms. The van der Waals surface area contributed by atoms with Crippen molar-refractivity contribution in [2.75, 3.05) is 13.2 Å². The van der Waals surface area contributed by atoms with Gasteiger partial charge in [-0.15, -0.1) is 0 Å². The van der Waals surface area contributed by atoms with E-state index in [0.29, 0.717) is 13.2 Å².